The van der Waals surface area contributed by atoms with Crippen LogP contribution in [0.5, 0.6) is 0 Å². The first-order valence-corrected chi connectivity index (χ1v) is 7.08. The normalized spacial score (nSPS) is 12.7. The van der Waals surface area contributed by atoms with Crippen LogP contribution in [-0.2, 0) is 0 Å². The predicted molar refractivity (Wildman–Crippen MR) is 77.4 cm³/mol. The first-order valence-electron chi connectivity index (χ1n) is 5.09. The third-order valence-corrected chi connectivity index (χ3v) is 4.77. The Kier molecular flexibility index (Phi) is 4.22. The van der Waals surface area contributed by atoms with Gasteiger partial charge in [0.2, 0.25) is 0 Å². The second-order valence-electron chi connectivity index (χ2n) is 3.72. The fourth-order valence-electron chi connectivity index (χ4n) is 1.64. The van der Waals surface area contributed by atoms with Crippen molar-refractivity contribution >= 4 is 38.9 Å². The van der Waals surface area contributed by atoms with Crippen LogP contribution in [0.3, 0.4) is 0 Å². The molecule has 1 unspecified atom stereocenters. The minimum absolute atomic E-state index is 0.00210. The van der Waals surface area contributed by atoms with E-state index >= 15 is 0 Å². The predicted octanol–water partition coefficient (Wildman–Crippen LogP) is 4.03. The highest BCUT2D eigenvalue weighted by atomic mass is 79.9. The number of halogens is 2. The molecule has 17 heavy (non-hydrogen) atoms. The Morgan fingerprint density at radius 3 is 2.65 bits per heavy atom. The number of thiophene rings is 1. The molecule has 0 bridgehead atoms. The lowest BCUT2D eigenvalue weighted by Crippen LogP contribution is -2.28. The molecule has 1 atom stereocenters. The van der Waals surface area contributed by atoms with Gasteiger partial charge < -0.3 is 0 Å². The van der Waals surface area contributed by atoms with Crippen molar-refractivity contribution in [2.75, 3.05) is 0 Å². The van der Waals surface area contributed by atoms with E-state index < -0.39 is 0 Å². The Morgan fingerprint density at radius 2 is 2.12 bits per heavy atom. The Bertz CT molecular complexity index is 527. The van der Waals surface area contributed by atoms with Crippen molar-refractivity contribution in [2.24, 2.45) is 5.84 Å². The lowest BCUT2D eigenvalue weighted by atomic mass is 10.1. The maximum absolute atomic E-state index is 5.98. The van der Waals surface area contributed by atoms with Crippen LogP contribution in [0.4, 0.5) is 0 Å². The van der Waals surface area contributed by atoms with Gasteiger partial charge in [0.05, 0.1) is 11.1 Å². The SMILES string of the molecule is Cc1ccc(C(NN)c2ccc(Cl)c(Br)c2)s1. The number of nitrogens with two attached hydrogens (primary N) is 1. The van der Waals surface area contributed by atoms with Crippen molar-refractivity contribution in [3.8, 4) is 0 Å². The smallest absolute Gasteiger partial charge is 0.0803 e. The summed E-state index contributed by atoms with van der Waals surface area (Å²) in [6, 6.07) is 10.0. The molecule has 0 amide bonds. The van der Waals surface area contributed by atoms with Crippen molar-refractivity contribution in [1.29, 1.82) is 0 Å². The first-order chi connectivity index (χ1) is 8.11. The fourth-order valence-corrected chi connectivity index (χ4v) is 3.12. The minimum Gasteiger partial charge on any atom is -0.271 e. The number of nitrogens with one attached hydrogen (secondary N) is 1. The Balaban J connectivity index is 2.38. The molecule has 1 aromatic heterocycles. The summed E-state index contributed by atoms with van der Waals surface area (Å²) < 4.78 is 0.880. The summed E-state index contributed by atoms with van der Waals surface area (Å²) >= 11 is 11.1. The highest BCUT2D eigenvalue weighted by molar-refractivity contribution is 9.10. The van der Waals surface area contributed by atoms with Crippen molar-refractivity contribution in [2.45, 2.75) is 13.0 Å². The molecule has 0 aliphatic heterocycles. The maximum atomic E-state index is 5.98. The number of rotatable bonds is 3. The topological polar surface area (TPSA) is 38.0 Å². The van der Waals surface area contributed by atoms with Crippen LogP contribution in [-0.4, -0.2) is 0 Å². The molecular formula is C12H12BrClN2S. The number of hydrogen-bond donors (Lipinski definition) is 2. The zero-order valence-corrected chi connectivity index (χ0v) is 12.4. The quantitative estimate of drug-likeness (QED) is 0.658. The fraction of sp³-hybridized carbons (Fsp3) is 0.167. The number of benzene rings is 1. The maximum Gasteiger partial charge on any atom is 0.0803 e. The van der Waals surface area contributed by atoms with Crippen molar-refractivity contribution in [1.82, 2.24) is 5.43 Å². The lowest BCUT2D eigenvalue weighted by Gasteiger charge is -2.15. The number of aryl methyl sites for hydroxylation is 1. The third kappa shape index (κ3) is 2.89. The van der Waals surface area contributed by atoms with E-state index in [0.717, 1.165) is 10.0 Å². The van der Waals surface area contributed by atoms with E-state index in [4.69, 9.17) is 17.4 Å². The van der Waals surface area contributed by atoms with Crippen LogP contribution < -0.4 is 11.3 Å². The van der Waals surface area contributed by atoms with Gasteiger partial charge in [-0.25, -0.2) is 5.43 Å². The summed E-state index contributed by atoms with van der Waals surface area (Å²) in [6.07, 6.45) is 0. The molecule has 0 saturated heterocycles. The highest BCUT2D eigenvalue weighted by Crippen LogP contribution is 2.31. The Hall–Kier alpha value is -0.390. The van der Waals surface area contributed by atoms with Gasteiger partial charge in [-0.05, 0) is 52.7 Å². The molecule has 0 spiro atoms. The zero-order valence-electron chi connectivity index (χ0n) is 9.21. The Morgan fingerprint density at radius 1 is 1.35 bits per heavy atom. The summed E-state index contributed by atoms with van der Waals surface area (Å²) in [6.45, 7) is 2.08. The van der Waals surface area contributed by atoms with Gasteiger partial charge in [0.25, 0.3) is 0 Å². The average molecular weight is 332 g/mol. The standard InChI is InChI=1S/C12H12BrClN2S/c1-7-2-5-11(17-7)12(16-15)8-3-4-10(14)9(13)6-8/h2-6,12,16H,15H2,1H3. The number of hydrazine groups is 1. The van der Waals surface area contributed by atoms with E-state index in [1.54, 1.807) is 11.3 Å². The molecular weight excluding hydrogens is 320 g/mol. The van der Waals surface area contributed by atoms with Gasteiger partial charge in [0.1, 0.15) is 0 Å². The van der Waals surface area contributed by atoms with E-state index in [9.17, 15) is 0 Å². The molecule has 2 aromatic rings. The second-order valence-corrected chi connectivity index (χ2v) is 6.30. The largest absolute Gasteiger partial charge is 0.271 e. The summed E-state index contributed by atoms with van der Waals surface area (Å²) in [4.78, 5) is 2.47. The molecule has 2 nitrogen and oxygen atoms in total. The lowest BCUT2D eigenvalue weighted by molar-refractivity contribution is 0.646. The molecule has 0 radical (unpaired) electrons. The molecule has 0 saturated carbocycles. The molecule has 3 N–H and O–H groups in total. The first kappa shape index (κ1) is 13.1. The van der Waals surface area contributed by atoms with Crippen LogP contribution >= 0.6 is 38.9 Å². The Labute approximate surface area is 118 Å². The van der Waals surface area contributed by atoms with E-state index in [1.165, 1.54) is 9.75 Å². The van der Waals surface area contributed by atoms with E-state index in [1.807, 2.05) is 18.2 Å². The zero-order chi connectivity index (χ0) is 12.4. The van der Waals surface area contributed by atoms with Gasteiger partial charge in [-0.15, -0.1) is 11.3 Å². The van der Waals surface area contributed by atoms with Crippen molar-refractivity contribution in [3.05, 3.63) is 55.1 Å². The second kappa shape index (κ2) is 5.50. The van der Waals surface area contributed by atoms with Crippen molar-refractivity contribution < 1.29 is 0 Å². The van der Waals surface area contributed by atoms with E-state index in [2.05, 4.69) is 40.4 Å². The average Bonchev–Trinajstić information content (AvgIpc) is 2.71. The molecule has 0 fully saturated rings. The van der Waals surface area contributed by atoms with Gasteiger partial charge in [-0.2, -0.15) is 0 Å². The van der Waals surface area contributed by atoms with Crippen molar-refractivity contribution in [3.63, 3.8) is 0 Å². The summed E-state index contributed by atoms with van der Waals surface area (Å²) in [5.41, 5.74) is 3.93. The molecule has 0 aliphatic rings. The van der Waals surface area contributed by atoms with E-state index in [-0.39, 0.29) is 6.04 Å². The van der Waals surface area contributed by atoms with Crippen LogP contribution in [0.2, 0.25) is 5.02 Å². The van der Waals surface area contributed by atoms with Gasteiger partial charge in [0.15, 0.2) is 0 Å². The van der Waals surface area contributed by atoms with Crippen LogP contribution in [0, 0.1) is 6.92 Å². The van der Waals surface area contributed by atoms with Gasteiger partial charge in [-0.3, -0.25) is 5.84 Å². The summed E-state index contributed by atoms with van der Waals surface area (Å²) in [5, 5.41) is 0.701. The molecule has 90 valence electrons. The van der Waals surface area contributed by atoms with Crippen LogP contribution in [0.25, 0.3) is 0 Å². The van der Waals surface area contributed by atoms with Crippen LogP contribution in [0.15, 0.2) is 34.8 Å². The van der Waals surface area contributed by atoms with Gasteiger partial charge in [0, 0.05) is 14.2 Å². The molecule has 5 heteroatoms. The highest BCUT2D eigenvalue weighted by Gasteiger charge is 2.15. The molecule has 1 heterocycles. The number of hydrogen-bond acceptors (Lipinski definition) is 3. The summed E-state index contributed by atoms with van der Waals surface area (Å²) in [5.74, 6) is 5.64. The van der Waals surface area contributed by atoms with Gasteiger partial charge >= 0.3 is 0 Å². The third-order valence-electron chi connectivity index (χ3n) is 2.49. The van der Waals surface area contributed by atoms with Gasteiger partial charge in [-0.1, -0.05) is 17.7 Å². The van der Waals surface area contributed by atoms with Crippen LogP contribution in [0.1, 0.15) is 21.4 Å². The minimum atomic E-state index is 0.00210. The summed E-state index contributed by atoms with van der Waals surface area (Å²) in [7, 11) is 0. The molecule has 2 rings (SSSR count). The molecule has 1 aromatic carbocycles. The monoisotopic (exact) mass is 330 g/mol. The molecule has 0 aliphatic carbocycles. The van der Waals surface area contributed by atoms with E-state index in [0.29, 0.717) is 5.02 Å².